The lowest BCUT2D eigenvalue weighted by Gasteiger charge is -2.16. The van der Waals surface area contributed by atoms with Gasteiger partial charge in [0.25, 0.3) is 0 Å². The number of anilines is 1. The third-order valence-electron chi connectivity index (χ3n) is 3.51. The number of aliphatic hydroxyl groups excluding tert-OH is 1. The molecule has 1 atom stereocenters. The highest BCUT2D eigenvalue weighted by molar-refractivity contribution is 5.90. The van der Waals surface area contributed by atoms with Gasteiger partial charge in [-0.1, -0.05) is 26.0 Å². The molecule has 0 aliphatic carbocycles. The van der Waals surface area contributed by atoms with E-state index in [1.807, 2.05) is 52.8 Å². The number of carbonyl (C=O) groups is 1. The van der Waals surface area contributed by atoms with Crippen molar-refractivity contribution in [1.29, 1.82) is 0 Å². The van der Waals surface area contributed by atoms with Crippen LogP contribution >= 0.6 is 0 Å². The third kappa shape index (κ3) is 7.48. The molecule has 2 amide bonds. The van der Waals surface area contributed by atoms with E-state index in [1.54, 1.807) is 0 Å². The lowest BCUT2D eigenvalue weighted by Crippen LogP contribution is -2.36. The maximum Gasteiger partial charge on any atom is 0.319 e. The van der Waals surface area contributed by atoms with Crippen LogP contribution < -0.4 is 10.6 Å². The Kier molecular flexibility index (Phi) is 8.06. The molecule has 23 heavy (non-hydrogen) atoms. The van der Waals surface area contributed by atoms with E-state index in [4.69, 9.17) is 4.74 Å². The smallest absolute Gasteiger partial charge is 0.319 e. The molecule has 0 saturated heterocycles. The number of rotatable bonds is 8. The van der Waals surface area contributed by atoms with Gasteiger partial charge < -0.3 is 20.5 Å². The highest BCUT2D eigenvalue weighted by atomic mass is 16.5. The largest absolute Gasteiger partial charge is 0.391 e. The summed E-state index contributed by atoms with van der Waals surface area (Å²) in [6.45, 7) is 10.8. The first-order valence-electron chi connectivity index (χ1n) is 8.22. The molecule has 1 rings (SSSR count). The number of ether oxygens (including phenoxy) is 1. The zero-order chi connectivity index (χ0) is 17.4. The fourth-order valence-electron chi connectivity index (χ4n) is 2.24. The number of hydrogen-bond donors (Lipinski definition) is 3. The molecule has 5 heteroatoms. The monoisotopic (exact) mass is 322 g/mol. The van der Waals surface area contributed by atoms with E-state index in [0.717, 1.165) is 16.8 Å². The minimum atomic E-state index is -0.521. The van der Waals surface area contributed by atoms with E-state index < -0.39 is 6.10 Å². The molecule has 0 spiro atoms. The first-order valence-corrected chi connectivity index (χ1v) is 8.22. The third-order valence-corrected chi connectivity index (χ3v) is 3.51. The zero-order valence-corrected chi connectivity index (χ0v) is 14.8. The predicted molar refractivity (Wildman–Crippen MR) is 93.6 cm³/mol. The average Bonchev–Trinajstić information content (AvgIpc) is 2.45. The first-order chi connectivity index (χ1) is 10.8. The lowest BCUT2D eigenvalue weighted by molar-refractivity contribution is 0.0654. The minimum absolute atomic E-state index is 0.164. The Balaban J connectivity index is 2.56. The Hall–Kier alpha value is -1.59. The number of hydrogen-bond acceptors (Lipinski definition) is 3. The highest BCUT2D eigenvalue weighted by Crippen LogP contribution is 2.20. The molecule has 0 aliphatic rings. The van der Waals surface area contributed by atoms with Crippen molar-refractivity contribution in [2.45, 2.75) is 59.9 Å². The summed E-state index contributed by atoms with van der Waals surface area (Å²) in [7, 11) is 0. The van der Waals surface area contributed by atoms with Crippen LogP contribution in [0.5, 0.6) is 0 Å². The van der Waals surface area contributed by atoms with Crippen LogP contribution in [-0.4, -0.2) is 29.9 Å². The van der Waals surface area contributed by atoms with Crippen LogP contribution in [0.2, 0.25) is 0 Å². The van der Waals surface area contributed by atoms with E-state index in [1.165, 1.54) is 0 Å². The molecule has 5 nitrogen and oxygen atoms in total. The molecule has 1 aromatic carbocycles. The predicted octanol–water partition coefficient (Wildman–Crippen LogP) is 3.45. The summed E-state index contributed by atoms with van der Waals surface area (Å²) in [5.74, 6) is 0.398. The number of benzene rings is 1. The van der Waals surface area contributed by atoms with Crippen molar-refractivity contribution < 1.29 is 14.6 Å². The van der Waals surface area contributed by atoms with Crippen molar-refractivity contribution in [3.63, 3.8) is 0 Å². The van der Waals surface area contributed by atoms with Gasteiger partial charge in [-0.25, -0.2) is 4.79 Å². The zero-order valence-electron chi connectivity index (χ0n) is 14.8. The summed E-state index contributed by atoms with van der Waals surface area (Å²) in [5, 5.41) is 15.3. The van der Waals surface area contributed by atoms with E-state index >= 15 is 0 Å². The van der Waals surface area contributed by atoms with Crippen molar-refractivity contribution in [3.05, 3.63) is 29.3 Å². The van der Waals surface area contributed by atoms with Gasteiger partial charge in [0.05, 0.1) is 18.8 Å². The van der Waals surface area contributed by atoms with Crippen molar-refractivity contribution in [1.82, 2.24) is 5.32 Å². The van der Waals surface area contributed by atoms with Crippen LogP contribution in [-0.2, 0) is 11.3 Å². The normalized spacial score (nSPS) is 12.5. The SMILES string of the molecule is Cc1c(COC(C)C)cccc1NC(=O)NCC(O)CC(C)C. The van der Waals surface area contributed by atoms with Crippen molar-refractivity contribution in [2.75, 3.05) is 11.9 Å². The molecule has 3 N–H and O–H groups in total. The van der Waals surface area contributed by atoms with Gasteiger partial charge in [0.1, 0.15) is 0 Å². The molecule has 0 aliphatic heterocycles. The second-order valence-corrected chi connectivity index (χ2v) is 6.57. The van der Waals surface area contributed by atoms with Crippen molar-refractivity contribution in [3.8, 4) is 0 Å². The Bertz CT molecular complexity index is 501. The summed E-state index contributed by atoms with van der Waals surface area (Å²) >= 11 is 0. The van der Waals surface area contributed by atoms with Gasteiger partial charge in [-0.05, 0) is 50.3 Å². The Morgan fingerprint density at radius 3 is 2.57 bits per heavy atom. The van der Waals surface area contributed by atoms with Crippen LogP contribution in [0.3, 0.4) is 0 Å². The topological polar surface area (TPSA) is 70.6 Å². The molecule has 0 aromatic heterocycles. The van der Waals surface area contributed by atoms with Gasteiger partial charge in [0.2, 0.25) is 0 Å². The van der Waals surface area contributed by atoms with E-state index in [2.05, 4.69) is 10.6 Å². The fourth-order valence-corrected chi connectivity index (χ4v) is 2.24. The van der Waals surface area contributed by atoms with Crippen LogP contribution in [0.1, 0.15) is 45.2 Å². The average molecular weight is 322 g/mol. The summed E-state index contributed by atoms with van der Waals surface area (Å²) in [6, 6.07) is 5.44. The Morgan fingerprint density at radius 1 is 1.26 bits per heavy atom. The van der Waals surface area contributed by atoms with E-state index in [-0.39, 0.29) is 18.7 Å². The molecule has 0 heterocycles. The second-order valence-electron chi connectivity index (χ2n) is 6.57. The van der Waals surface area contributed by atoms with Crippen LogP contribution in [0, 0.1) is 12.8 Å². The maximum atomic E-state index is 12.0. The van der Waals surface area contributed by atoms with E-state index in [9.17, 15) is 9.90 Å². The van der Waals surface area contributed by atoms with Crippen LogP contribution in [0.15, 0.2) is 18.2 Å². The molecular formula is C18H30N2O3. The summed E-state index contributed by atoms with van der Waals surface area (Å²) in [5.41, 5.74) is 2.80. The molecule has 0 radical (unpaired) electrons. The molecule has 0 saturated carbocycles. The fraction of sp³-hybridized carbons (Fsp3) is 0.611. The van der Waals surface area contributed by atoms with Gasteiger partial charge >= 0.3 is 6.03 Å². The van der Waals surface area contributed by atoms with Gasteiger partial charge in [-0.3, -0.25) is 0 Å². The van der Waals surface area contributed by atoms with Gasteiger partial charge in [0, 0.05) is 12.2 Å². The second kappa shape index (κ2) is 9.53. The van der Waals surface area contributed by atoms with Gasteiger partial charge in [-0.2, -0.15) is 0 Å². The minimum Gasteiger partial charge on any atom is -0.391 e. The molecule has 1 aromatic rings. The Morgan fingerprint density at radius 2 is 1.96 bits per heavy atom. The summed E-state index contributed by atoms with van der Waals surface area (Å²) < 4.78 is 5.62. The standard InChI is InChI=1S/C18H30N2O3/c1-12(2)9-16(21)10-19-18(22)20-17-8-6-7-15(14(17)5)11-23-13(3)4/h6-8,12-13,16,21H,9-11H2,1-5H3,(H2,19,20,22). The first kappa shape index (κ1) is 19.5. The molecule has 0 fully saturated rings. The van der Waals surface area contributed by atoms with Gasteiger partial charge in [0.15, 0.2) is 0 Å². The van der Waals surface area contributed by atoms with Crippen LogP contribution in [0.4, 0.5) is 10.5 Å². The summed E-state index contributed by atoms with van der Waals surface area (Å²) in [6.07, 6.45) is 0.311. The van der Waals surface area contributed by atoms with Crippen molar-refractivity contribution >= 4 is 11.7 Å². The highest BCUT2D eigenvalue weighted by Gasteiger charge is 2.11. The molecule has 130 valence electrons. The Labute approximate surface area is 139 Å². The van der Waals surface area contributed by atoms with Crippen molar-refractivity contribution in [2.24, 2.45) is 5.92 Å². The maximum absolute atomic E-state index is 12.0. The number of amides is 2. The quantitative estimate of drug-likeness (QED) is 0.686. The number of aliphatic hydroxyl groups is 1. The number of nitrogens with one attached hydrogen (secondary N) is 2. The van der Waals surface area contributed by atoms with Crippen LogP contribution in [0.25, 0.3) is 0 Å². The van der Waals surface area contributed by atoms with Gasteiger partial charge in [-0.15, -0.1) is 0 Å². The molecular weight excluding hydrogens is 292 g/mol. The number of urea groups is 1. The number of carbonyl (C=O) groups excluding carboxylic acids is 1. The summed E-state index contributed by atoms with van der Waals surface area (Å²) in [4.78, 5) is 12.0. The van der Waals surface area contributed by atoms with E-state index in [0.29, 0.717) is 18.9 Å². The molecule has 1 unspecified atom stereocenters. The lowest BCUT2D eigenvalue weighted by atomic mass is 10.1. The molecule has 0 bridgehead atoms.